The fraction of sp³-hybridized carbons (Fsp3) is 0.588. The Morgan fingerprint density at radius 3 is 2.81 bits per heavy atom. The number of ether oxygens (including phenoxy) is 1. The smallest absolute Gasteiger partial charge is 0.120 e. The Balaban J connectivity index is 1.87. The Morgan fingerprint density at radius 1 is 1.33 bits per heavy atom. The van der Waals surface area contributed by atoms with Gasteiger partial charge in [-0.25, -0.2) is 0 Å². The van der Waals surface area contributed by atoms with Crippen LogP contribution in [0, 0.1) is 11.3 Å². The number of piperazine rings is 1. The molecule has 114 valence electrons. The van der Waals surface area contributed by atoms with Crippen molar-refractivity contribution in [2.45, 2.75) is 32.3 Å². The Morgan fingerprint density at radius 2 is 2.10 bits per heavy atom. The third kappa shape index (κ3) is 5.37. The molecule has 2 rings (SSSR count). The van der Waals surface area contributed by atoms with Gasteiger partial charge in [0.25, 0.3) is 0 Å². The molecule has 1 N–H and O–H groups in total. The lowest BCUT2D eigenvalue weighted by Crippen LogP contribution is -2.45. The van der Waals surface area contributed by atoms with E-state index in [1.54, 1.807) is 0 Å². The van der Waals surface area contributed by atoms with Crippen molar-refractivity contribution in [3.63, 3.8) is 0 Å². The zero-order valence-corrected chi connectivity index (χ0v) is 13.1. The molecule has 0 radical (unpaired) electrons. The van der Waals surface area contributed by atoms with E-state index in [4.69, 9.17) is 10.00 Å². The maximum Gasteiger partial charge on any atom is 0.120 e. The molecule has 0 atom stereocenters. The highest BCUT2D eigenvalue weighted by Crippen LogP contribution is 2.22. The fourth-order valence-electron chi connectivity index (χ4n) is 2.54. The fourth-order valence-corrected chi connectivity index (χ4v) is 2.54. The molecular weight excluding hydrogens is 262 g/mol. The van der Waals surface area contributed by atoms with E-state index in [1.807, 2.05) is 24.3 Å². The lowest BCUT2D eigenvalue weighted by Gasteiger charge is -2.32. The van der Waals surface area contributed by atoms with Crippen molar-refractivity contribution in [3.8, 4) is 11.8 Å². The second-order valence-corrected chi connectivity index (χ2v) is 6.19. The van der Waals surface area contributed by atoms with Crippen LogP contribution in [0.15, 0.2) is 24.3 Å². The Hall–Kier alpha value is -1.57. The largest absolute Gasteiger partial charge is 0.488 e. The molecule has 1 saturated heterocycles. The molecule has 1 aromatic carbocycles. The maximum atomic E-state index is 8.77. The van der Waals surface area contributed by atoms with Gasteiger partial charge in [0.1, 0.15) is 11.4 Å². The number of nitrogens with one attached hydrogen (secondary N) is 1. The van der Waals surface area contributed by atoms with Crippen LogP contribution in [0.5, 0.6) is 5.75 Å². The molecule has 1 fully saturated rings. The SMILES string of the molecule is CC(C)(CCN1CCNCC1)Oc1cccc(CC#N)c1. The minimum atomic E-state index is -0.198. The number of benzene rings is 1. The number of rotatable bonds is 6. The molecule has 1 aliphatic rings. The number of hydrogen-bond acceptors (Lipinski definition) is 4. The minimum absolute atomic E-state index is 0.198. The maximum absolute atomic E-state index is 8.77. The molecule has 0 spiro atoms. The number of hydrogen-bond donors (Lipinski definition) is 1. The van der Waals surface area contributed by atoms with Crippen molar-refractivity contribution in [1.82, 2.24) is 10.2 Å². The normalized spacial score (nSPS) is 16.4. The van der Waals surface area contributed by atoms with Gasteiger partial charge in [-0.05, 0) is 38.0 Å². The molecule has 4 heteroatoms. The highest BCUT2D eigenvalue weighted by atomic mass is 16.5. The minimum Gasteiger partial charge on any atom is -0.488 e. The van der Waals surface area contributed by atoms with Crippen molar-refractivity contribution in [1.29, 1.82) is 5.26 Å². The average molecular weight is 287 g/mol. The summed E-state index contributed by atoms with van der Waals surface area (Å²) in [6, 6.07) is 10.0. The summed E-state index contributed by atoms with van der Waals surface area (Å²) in [5.74, 6) is 0.855. The van der Waals surface area contributed by atoms with E-state index >= 15 is 0 Å². The molecule has 21 heavy (non-hydrogen) atoms. The Bertz CT molecular complexity index is 487. The van der Waals surface area contributed by atoms with E-state index in [0.29, 0.717) is 6.42 Å². The van der Waals surface area contributed by atoms with Gasteiger partial charge >= 0.3 is 0 Å². The van der Waals surface area contributed by atoms with Gasteiger partial charge in [0.15, 0.2) is 0 Å². The summed E-state index contributed by atoms with van der Waals surface area (Å²) in [7, 11) is 0. The molecule has 1 aromatic rings. The van der Waals surface area contributed by atoms with Crippen LogP contribution in [0.25, 0.3) is 0 Å². The third-order valence-corrected chi connectivity index (χ3v) is 3.82. The van der Waals surface area contributed by atoms with Crippen LogP contribution in [0.1, 0.15) is 25.8 Å². The summed E-state index contributed by atoms with van der Waals surface area (Å²) in [6.07, 6.45) is 1.42. The van der Waals surface area contributed by atoms with Gasteiger partial charge in [0.2, 0.25) is 0 Å². The molecule has 1 heterocycles. The summed E-state index contributed by atoms with van der Waals surface area (Å²) < 4.78 is 6.13. The van der Waals surface area contributed by atoms with Crippen molar-refractivity contribution in [3.05, 3.63) is 29.8 Å². The third-order valence-electron chi connectivity index (χ3n) is 3.82. The summed E-state index contributed by atoms with van der Waals surface area (Å²) in [5, 5.41) is 12.1. The molecule has 0 unspecified atom stereocenters. The summed E-state index contributed by atoms with van der Waals surface area (Å²) >= 11 is 0. The number of nitrogens with zero attached hydrogens (tertiary/aromatic N) is 2. The van der Waals surface area contributed by atoms with E-state index in [-0.39, 0.29) is 5.60 Å². The van der Waals surface area contributed by atoms with E-state index in [0.717, 1.165) is 50.5 Å². The first-order chi connectivity index (χ1) is 10.1. The topological polar surface area (TPSA) is 48.3 Å². The van der Waals surface area contributed by atoms with E-state index in [2.05, 4.69) is 30.1 Å². The lowest BCUT2D eigenvalue weighted by atomic mass is 10.0. The summed E-state index contributed by atoms with van der Waals surface area (Å²) in [6.45, 7) is 9.72. The van der Waals surface area contributed by atoms with Crippen LogP contribution >= 0.6 is 0 Å². The highest BCUT2D eigenvalue weighted by molar-refractivity contribution is 5.30. The van der Waals surface area contributed by atoms with E-state index in [9.17, 15) is 0 Å². The molecule has 0 aromatic heterocycles. The molecule has 0 bridgehead atoms. The monoisotopic (exact) mass is 287 g/mol. The van der Waals surface area contributed by atoms with E-state index in [1.165, 1.54) is 0 Å². The molecule has 0 saturated carbocycles. The quantitative estimate of drug-likeness (QED) is 0.871. The Labute approximate surface area is 127 Å². The van der Waals surface area contributed by atoms with Crippen molar-refractivity contribution in [2.24, 2.45) is 0 Å². The predicted octanol–water partition coefficient (Wildman–Crippen LogP) is 2.21. The standard InChI is InChI=1S/C17H25N3O/c1-17(2,7-11-20-12-9-19-10-13-20)21-16-5-3-4-15(14-16)6-8-18/h3-5,14,19H,6-7,9-13H2,1-2H3. The van der Waals surface area contributed by atoms with Gasteiger partial charge in [-0.2, -0.15) is 5.26 Å². The average Bonchev–Trinajstić information content (AvgIpc) is 2.47. The van der Waals surface area contributed by atoms with Crippen molar-refractivity contribution < 1.29 is 4.74 Å². The molecule has 0 aliphatic carbocycles. The summed E-state index contributed by atoms with van der Waals surface area (Å²) in [5.41, 5.74) is 0.809. The van der Waals surface area contributed by atoms with Gasteiger partial charge in [0, 0.05) is 32.7 Å². The zero-order chi connectivity index (χ0) is 15.1. The van der Waals surface area contributed by atoms with Crippen LogP contribution in [-0.4, -0.2) is 43.2 Å². The van der Waals surface area contributed by atoms with Crippen molar-refractivity contribution in [2.75, 3.05) is 32.7 Å². The molecule has 4 nitrogen and oxygen atoms in total. The van der Waals surface area contributed by atoms with E-state index < -0.39 is 0 Å². The Kier molecular flexibility index (Phi) is 5.60. The van der Waals surface area contributed by atoms with Gasteiger partial charge in [0.05, 0.1) is 12.5 Å². The van der Waals surface area contributed by atoms with Gasteiger partial charge in [-0.3, -0.25) is 0 Å². The second-order valence-electron chi connectivity index (χ2n) is 6.19. The lowest BCUT2D eigenvalue weighted by molar-refractivity contribution is 0.0808. The van der Waals surface area contributed by atoms with Crippen LogP contribution in [0.4, 0.5) is 0 Å². The first-order valence-electron chi connectivity index (χ1n) is 7.67. The molecule has 0 amide bonds. The summed E-state index contributed by atoms with van der Waals surface area (Å²) in [4.78, 5) is 2.48. The second kappa shape index (κ2) is 7.44. The van der Waals surface area contributed by atoms with Crippen molar-refractivity contribution >= 4 is 0 Å². The van der Waals surface area contributed by atoms with Crippen LogP contribution in [-0.2, 0) is 6.42 Å². The highest BCUT2D eigenvalue weighted by Gasteiger charge is 2.22. The predicted molar refractivity (Wildman–Crippen MR) is 84.4 cm³/mol. The molecule has 1 aliphatic heterocycles. The van der Waals surface area contributed by atoms with Gasteiger partial charge < -0.3 is 15.0 Å². The van der Waals surface area contributed by atoms with Crippen LogP contribution in [0.2, 0.25) is 0 Å². The van der Waals surface area contributed by atoms with Gasteiger partial charge in [-0.1, -0.05) is 12.1 Å². The molecular formula is C17H25N3O. The van der Waals surface area contributed by atoms with Gasteiger partial charge in [-0.15, -0.1) is 0 Å². The van der Waals surface area contributed by atoms with Crippen LogP contribution < -0.4 is 10.1 Å². The zero-order valence-electron chi connectivity index (χ0n) is 13.1. The van der Waals surface area contributed by atoms with Crippen LogP contribution in [0.3, 0.4) is 0 Å². The number of nitriles is 1. The first-order valence-corrected chi connectivity index (χ1v) is 7.67. The first kappa shape index (κ1) is 15.8.